The Morgan fingerprint density at radius 1 is 1.28 bits per heavy atom. The number of thioether (sulfide) groups is 1. The molecular formula is C16H24N2O5S2. The number of hydrogen-bond donors (Lipinski definition) is 2. The molecule has 25 heavy (non-hydrogen) atoms. The van der Waals surface area contributed by atoms with Crippen LogP contribution in [0.1, 0.15) is 13.3 Å². The van der Waals surface area contributed by atoms with Crippen molar-refractivity contribution in [3.63, 3.8) is 0 Å². The second-order valence-electron chi connectivity index (χ2n) is 5.73. The Morgan fingerprint density at radius 2 is 1.88 bits per heavy atom. The van der Waals surface area contributed by atoms with E-state index in [1.54, 1.807) is 18.2 Å². The number of carbonyl (C=O) groups is 2. The monoisotopic (exact) mass is 388 g/mol. The molecule has 1 amide bonds. The van der Waals surface area contributed by atoms with Gasteiger partial charge < -0.3 is 10.0 Å². The van der Waals surface area contributed by atoms with Crippen molar-refractivity contribution >= 4 is 33.7 Å². The maximum Gasteiger partial charge on any atom is 0.308 e. The Bertz CT molecular complexity index is 679. The van der Waals surface area contributed by atoms with E-state index in [4.69, 9.17) is 5.11 Å². The molecule has 7 nitrogen and oxygen atoms in total. The number of carbonyl (C=O) groups excluding carboxylic acids is 1. The summed E-state index contributed by atoms with van der Waals surface area (Å²) in [5.41, 5.74) is 0. The molecule has 140 valence electrons. The lowest BCUT2D eigenvalue weighted by Gasteiger charge is -2.25. The summed E-state index contributed by atoms with van der Waals surface area (Å²) in [5.74, 6) is -1.59. The molecule has 0 radical (unpaired) electrons. The van der Waals surface area contributed by atoms with E-state index in [9.17, 15) is 18.0 Å². The van der Waals surface area contributed by atoms with Crippen LogP contribution < -0.4 is 4.72 Å². The van der Waals surface area contributed by atoms with Gasteiger partial charge in [-0.1, -0.05) is 25.1 Å². The first kappa shape index (κ1) is 21.5. The number of benzene rings is 1. The molecule has 1 aromatic rings. The predicted octanol–water partition coefficient (Wildman–Crippen LogP) is 1.27. The van der Waals surface area contributed by atoms with Gasteiger partial charge in [0.2, 0.25) is 15.9 Å². The SMILES string of the molecule is CSCCC(NS(=O)(=O)c1ccccc1)C(=O)N(C)CC(C)C(=O)O. The molecule has 0 saturated heterocycles. The molecule has 0 spiro atoms. The van der Waals surface area contributed by atoms with Crippen molar-refractivity contribution in [1.82, 2.24) is 9.62 Å². The number of rotatable bonds is 10. The van der Waals surface area contributed by atoms with E-state index >= 15 is 0 Å². The third-order valence-corrected chi connectivity index (χ3v) is 5.74. The molecule has 0 saturated carbocycles. The zero-order valence-electron chi connectivity index (χ0n) is 14.5. The number of nitrogens with zero attached hydrogens (tertiary/aromatic N) is 1. The van der Waals surface area contributed by atoms with Crippen LogP contribution in [0.15, 0.2) is 35.2 Å². The highest BCUT2D eigenvalue weighted by molar-refractivity contribution is 7.98. The van der Waals surface area contributed by atoms with E-state index in [1.807, 2.05) is 6.26 Å². The van der Waals surface area contributed by atoms with Crippen LogP contribution in [0.5, 0.6) is 0 Å². The Balaban J connectivity index is 2.92. The predicted molar refractivity (Wildman–Crippen MR) is 98.0 cm³/mol. The van der Waals surface area contributed by atoms with E-state index in [1.165, 1.54) is 42.8 Å². The molecule has 1 rings (SSSR count). The quantitative estimate of drug-likeness (QED) is 0.625. The standard InChI is InChI=1S/C16H24N2O5S2/c1-12(16(20)21)11-18(2)15(19)14(9-10-24-3)17-25(22,23)13-7-5-4-6-8-13/h4-8,12,14,17H,9-11H2,1-3H3,(H,20,21). The number of likely N-dealkylation sites (N-methyl/N-ethyl adjacent to an activating group) is 1. The zero-order valence-corrected chi connectivity index (χ0v) is 16.1. The number of aliphatic carboxylic acids is 1. The number of carboxylic acid groups (broad SMARTS) is 1. The van der Waals surface area contributed by atoms with Crippen LogP contribution in [0.2, 0.25) is 0 Å². The molecule has 2 unspecified atom stereocenters. The fraction of sp³-hybridized carbons (Fsp3) is 0.500. The van der Waals surface area contributed by atoms with Gasteiger partial charge in [0.15, 0.2) is 0 Å². The topological polar surface area (TPSA) is 104 Å². The van der Waals surface area contributed by atoms with E-state index in [2.05, 4.69) is 4.72 Å². The zero-order chi connectivity index (χ0) is 19.0. The number of sulfonamides is 1. The summed E-state index contributed by atoms with van der Waals surface area (Å²) >= 11 is 1.50. The first-order valence-corrected chi connectivity index (χ1v) is 10.6. The average Bonchev–Trinajstić information content (AvgIpc) is 2.58. The van der Waals surface area contributed by atoms with Crippen LogP contribution in [0, 0.1) is 5.92 Å². The van der Waals surface area contributed by atoms with Gasteiger partial charge in [-0.25, -0.2) is 8.42 Å². The average molecular weight is 389 g/mol. The van der Waals surface area contributed by atoms with Gasteiger partial charge in [0, 0.05) is 13.6 Å². The summed E-state index contributed by atoms with van der Waals surface area (Å²) in [7, 11) is -2.36. The van der Waals surface area contributed by atoms with Crippen LogP contribution in [0.25, 0.3) is 0 Å². The van der Waals surface area contributed by atoms with Crippen LogP contribution in [-0.2, 0) is 19.6 Å². The van der Waals surface area contributed by atoms with Gasteiger partial charge in [-0.15, -0.1) is 0 Å². The minimum absolute atomic E-state index is 0.0109. The minimum atomic E-state index is -3.84. The van der Waals surface area contributed by atoms with Crippen molar-refractivity contribution < 1.29 is 23.1 Å². The maximum absolute atomic E-state index is 12.6. The molecule has 1 aromatic carbocycles. The third kappa shape index (κ3) is 6.68. The summed E-state index contributed by atoms with van der Waals surface area (Å²) in [5, 5.41) is 8.98. The lowest BCUT2D eigenvalue weighted by molar-refractivity contribution is -0.143. The largest absolute Gasteiger partial charge is 0.481 e. The van der Waals surface area contributed by atoms with E-state index in [-0.39, 0.29) is 11.4 Å². The van der Waals surface area contributed by atoms with Crippen molar-refractivity contribution in [2.45, 2.75) is 24.3 Å². The second kappa shape index (κ2) is 9.79. The maximum atomic E-state index is 12.6. The molecule has 0 heterocycles. The molecule has 0 aliphatic heterocycles. The Hall–Kier alpha value is -1.58. The van der Waals surface area contributed by atoms with Crippen molar-refractivity contribution in [1.29, 1.82) is 0 Å². The Labute approximate surface area is 152 Å². The van der Waals surface area contributed by atoms with Crippen LogP contribution in [0.4, 0.5) is 0 Å². The van der Waals surface area contributed by atoms with Crippen molar-refractivity contribution in [3.8, 4) is 0 Å². The highest BCUT2D eigenvalue weighted by Crippen LogP contribution is 2.12. The number of nitrogens with one attached hydrogen (secondary N) is 1. The van der Waals surface area contributed by atoms with Gasteiger partial charge in [-0.3, -0.25) is 9.59 Å². The third-order valence-electron chi connectivity index (χ3n) is 3.61. The number of amides is 1. The van der Waals surface area contributed by atoms with Crippen LogP contribution in [-0.4, -0.2) is 61.9 Å². The highest BCUT2D eigenvalue weighted by Gasteiger charge is 2.28. The number of carboxylic acids is 1. The van der Waals surface area contributed by atoms with Gasteiger partial charge in [0.05, 0.1) is 10.8 Å². The van der Waals surface area contributed by atoms with Crippen LogP contribution in [0.3, 0.4) is 0 Å². The summed E-state index contributed by atoms with van der Waals surface area (Å²) in [6.45, 7) is 1.51. The van der Waals surface area contributed by atoms with Gasteiger partial charge in [-0.05, 0) is 30.6 Å². The summed E-state index contributed by atoms with van der Waals surface area (Å²) in [6.07, 6.45) is 2.18. The lowest BCUT2D eigenvalue weighted by Crippen LogP contribution is -2.48. The van der Waals surface area contributed by atoms with E-state index < -0.39 is 33.9 Å². The highest BCUT2D eigenvalue weighted by atomic mass is 32.2. The lowest BCUT2D eigenvalue weighted by atomic mass is 10.1. The Kier molecular flexibility index (Phi) is 8.40. The molecule has 0 bridgehead atoms. The van der Waals surface area contributed by atoms with Gasteiger partial charge in [-0.2, -0.15) is 16.5 Å². The van der Waals surface area contributed by atoms with Crippen molar-refractivity contribution in [2.24, 2.45) is 5.92 Å². The molecule has 0 aliphatic carbocycles. The van der Waals surface area contributed by atoms with Gasteiger partial charge in [0.25, 0.3) is 0 Å². The second-order valence-corrected chi connectivity index (χ2v) is 8.43. The smallest absolute Gasteiger partial charge is 0.308 e. The fourth-order valence-electron chi connectivity index (χ4n) is 2.17. The molecule has 0 fully saturated rings. The van der Waals surface area contributed by atoms with Crippen molar-refractivity contribution in [3.05, 3.63) is 30.3 Å². The van der Waals surface area contributed by atoms with E-state index in [0.29, 0.717) is 12.2 Å². The molecular weight excluding hydrogens is 364 g/mol. The molecule has 2 atom stereocenters. The first-order chi connectivity index (χ1) is 11.7. The molecule has 0 aromatic heterocycles. The van der Waals surface area contributed by atoms with Gasteiger partial charge >= 0.3 is 5.97 Å². The minimum Gasteiger partial charge on any atom is -0.481 e. The van der Waals surface area contributed by atoms with Gasteiger partial charge in [0.1, 0.15) is 6.04 Å². The van der Waals surface area contributed by atoms with Crippen molar-refractivity contribution in [2.75, 3.05) is 25.6 Å². The first-order valence-electron chi connectivity index (χ1n) is 7.73. The normalized spacial score (nSPS) is 13.9. The Morgan fingerprint density at radius 3 is 2.40 bits per heavy atom. The van der Waals surface area contributed by atoms with E-state index in [0.717, 1.165) is 0 Å². The number of hydrogen-bond acceptors (Lipinski definition) is 5. The molecule has 0 aliphatic rings. The summed E-state index contributed by atoms with van der Waals surface area (Å²) in [6, 6.07) is 6.88. The molecule has 9 heteroatoms. The summed E-state index contributed by atoms with van der Waals surface area (Å²) in [4.78, 5) is 24.9. The fourth-order valence-corrected chi connectivity index (χ4v) is 3.88. The molecule has 2 N–H and O–H groups in total. The summed E-state index contributed by atoms with van der Waals surface area (Å²) < 4.78 is 27.4. The van der Waals surface area contributed by atoms with Crippen LogP contribution >= 0.6 is 11.8 Å².